The van der Waals surface area contributed by atoms with Gasteiger partial charge in [-0.2, -0.15) is 0 Å². The number of likely N-dealkylation sites (N-methyl/N-ethyl adjacent to an activating group) is 2. The van der Waals surface area contributed by atoms with Crippen molar-refractivity contribution in [2.45, 2.75) is 277 Å². The van der Waals surface area contributed by atoms with Crippen LogP contribution >= 0.6 is 0 Å². The van der Waals surface area contributed by atoms with E-state index in [1.807, 2.05) is 124 Å². The Morgan fingerprint density at radius 2 is 1.31 bits per heavy atom. The van der Waals surface area contributed by atoms with Crippen LogP contribution in [0.3, 0.4) is 0 Å². The number of hydrogen-bond acceptors (Lipinski definition) is 19. The number of aliphatic hydroxyl groups is 2. The second-order valence-electron chi connectivity index (χ2n) is 32.4. The van der Waals surface area contributed by atoms with Crippen LogP contribution in [-0.2, 0) is 90.8 Å². The summed E-state index contributed by atoms with van der Waals surface area (Å²) in [7, 11) is 8.60. The summed E-state index contributed by atoms with van der Waals surface area (Å²) in [6.45, 7) is 23.7. The van der Waals surface area contributed by atoms with Crippen LogP contribution in [0, 0.1) is 47.3 Å². The van der Waals surface area contributed by atoms with Gasteiger partial charge < -0.3 is 75.4 Å². The zero-order valence-corrected chi connectivity index (χ0v) is 67.4. The molecule has 4 fully saturated rings. The fraction of sp³-hybridized carbons (Fsp3) is 0.732. The van der Waals surface area contributed by atoms with Gasteiger partial charge in [-0.1, -0.05) is 137 Å². The molecule has 8 N–H and O–H groups in total. The number of Topliss-reactive ketones (excluding diaryl/α,β-unsaturated/α-hetero) is 4. The maximum Gasteiger partial charge on any atom is 0.312 e. The van der Waals surface area contributed by atoms with E-state index in [0.717, 1.165) is 24.0 Å². The minimum absolute atomic E-state index is 0.0116. The molecule has 2 aromatic carbocycles. The van der Waals surface area contributed by atoms with Gasteiger partial charge in [0.15, 0.2) is 17.4 Å². The van der Waals surface area contributed by atoms with Gasteiger partial charge in [-0.15, -0.1) is 0 Å². The highest BCUT2D eigenvalue weighted by molar-refractivity contribution is 5.93. The molecule has 10 unspecified atom stereocenters. The Morgan fingerprint density at radius 3 is 1.90 bits per heavy atom. The number of urea groups is 1. The average molecular weight is 1520 g/mol. The second kappa shape index (κ2) is 42.7. The molecule has 2 aromatic rings. The number of ether oxygens (including phenoxy) is 6. The molecule has 4 heterocycles. The lowest BCUT2D eigenvalue weighted by molar-refractivity contribution is -0.188. The van der Waals surface area contributed by atoms with Crippen LogP contribution in [0.15, 0.2) is 54.6 Å². The topological polar surface area (TPSA) is 350 Å². The Morgan fingerprint density at radius 1 is 0.676 bits per heavy atom. The van der Waals surface area contributed by atoms with E-state index in [9.17, 15) is 58.2 Å². The van der Waals surface area contributed by atoms with Crippen molar-refractivity contribution in [3.8, 4) is 0 Å². The van der Waals surface area contributed by atoms with Crippen molar-refractivity contribution in [3.63, 3.8) is 0 Å². The number of benzene rings is 2. The molecular formula is C82H130N8O18. The summed E-state index contributed by atoms with van der Waals surface area (Å²) < 4.78 is 36.6. The summed E-state index contributed by atoms with van der Waals surface area (Å²) >= 11 is 0. The first-order valence-corrected chi connectivity index (χ1v) is 39.5. The number of nitrogens with one attached hydrogen (secondary N) is 4. The highest BCUT2D eigenvalue weighted by Crippen LogP contribution is 2.41. The first-order chi connectivity index (χ1) is 51.0. The molecule has 6 rings (SSSR count). The number of rotatable bonds is 46. The molecule has 0 aliphatic carbocycles. The number of likely N-dealkylation sites (tertiary alicyclic amines) is 1. The van der Waals surface area contributed by atoms with E-state index < -0.39 is 114 Å². The third-order valence-electron chi connectivity index (χ3n) is 22.5. The van der Waals surface area contributed by atoms with Gasteiger partial charge in [0.1, 0.15) is 42.1 Å². The molecule has 26 heteroatoms. The fourth-order valence-corrected chi connectivity index (χ4v) is 16.4. The summed E-state index contributed by atoms with van der Waals surface area (Å²) in [4.78, 5) is 144. The Labute approximate surface area is 641 Å². The first-order valence-electron chi connectivity index (χ1n) is 39.5. The molecular weight excluding hydrogens is 1380 g/mol. The van der Waals surface area contributed by atoms with Gasteiger partial charge in [0.25, 0.3) is 0 Å². The van der Waals surface area contributed by atoms with Crippen LogP contribution in [-0.4, -0.2) is 236 Å². The van der Waals surface area contributed by atoms with E-state index in [1.54, 1.807) is 56.9 Å². The Kier molecular flexibility index (Phi) is 35.7. The summed E-state index contributed by atoms with van der Waals surface area (Å²) in [5.41, 5.74) is 7.70. The van der Waals surface area contributed by atoms with Crippen molar-refractivity contribution in [1.82, 2.24) is 36.0 Å². The van der Waals surface area contributed by atoms with Gasteiger partial charge in [-0.3, -0.25) is 48.1 Å². The predicted octanol–water partition coefficient (Wildman–Crippen LogP) is 6.65. The molecule has 4 aliphatic rings. The van der Waals surface area contributed by atoms with Gasteiger partial charge in [0.05, 0.1) is 67.5 Å². The highest BCUT2D eigenvalue weighted by atomic mass is 16.8. The SMILES string of the molecule is CCC[C@H]1OC(CC(=O)NC[C@H]2O[C@@H](CC(=O)C[C@@H](C(=O)NC(CCCNC(N)=O)C(=O)Cc3ccc(CCNC(=O)[C@@H](CC(=O)C(C)C(OC)C4CCCN4C(=O)CC(OC)C([C@@H](C)CC)N(C)C(=O)[C@@H](CC(=O)C(C(C)C)N(C)C)C(C)C)Cc4ccccc4)cc3)C(C)C)C(O)C2O)[C@@H]2OC(C)(C)O[C@H]12. The van der Waals surface area contributed by atoms with Gasteiger partial charge in [0, 0.05) is 103 Å². The zero-order chi connectivity index (χ0) is 80.0. The lowest BCUT2D eigenvalue weighted by Crippen LogP contribution is -2.54. The summed E-state index contributed by atoms with van der Waals surface area (Å²) in [6.07, 6.45) is -3.96. The molecule has 7 amide bonds. The largest absolute Gasteiger partial charge is 0.388 e. The van der Waals surface area contributed by atoms with Crippen molar-refractivity contribution in [3.05, 3.63) is 71.3 Å². The predicted molar refractivity (Wildman–Crippen MR) is 409 cm³/mol. The summed E-state index contributed by atoms with van der Waals surface area (Å²) in [5.74, 6) is -6.76. The molecule has 606 valence electrons. The number of hydrogen-bond donors (Lipinski definition) is 7. The molecule has 0 radical (unpaired) electrons. The molecule has 4 saturated heterocycles. The maximum atomic E-state index is 14.7. The molecule has 26 nitrogen and oxygen atoms in total. The van der Waals surface area contributed by atoms with Gasteiger partial charge in [-0.05, 0) is 113 Å². The third kappa shape index (κ3) is 25.5. The number of fused-ring (bicyclic) bond motifs is 1. The number of carbonyl (C=O) groups excluding carboxylic acids is 10. The standard InChI is InChI=1S/C82H130N8O18/c1-18-25-64-76-77(108-82(11,12)107-76)67(105-64)44-69(95)86-46-68-74(98)73(97)66(106-68)42-56(91)41-57(47(3)4)79(100)87-59(28-23-35-85-81(83)102)62(93)39-54-32-30-52(31-33-54)34-36-84-78(99)55(38-53-26-21-20-22-27-53)40-61(92)51(10)75(104-17)60-29-24-37-90(60)70(96)45-65(103-16)72(50(9)19-2)89(15)80(101)58(48(5)6)43-63(94)71(49(7)8)88(13)14/h20-22,26-27,30-33,47-51,55,57-60,64-68,71-77,97-98H,18-19,23-25,28-29,34-46H2,1-17H3,(H,84,99)(H,86,95)(H,87,100)(H3,83,85,102)/t50-,51?,55+,57+,58-,59?,60?,64+,65?,66-,67?,68+,71?,72?,73?,74?,75?,76+,77-/m0/s1. The molecule has 108 heavy (non-hydrogen) atoms. The van der Waals surface area contributed by atoms with Crippen LogP contribution in [0.5, 0.6) is 0 Å². The Hall–Kier alpha value is -6.62. The molecule has 0 saturated carbocycles. The normalized spacial score (nSPS) is 23.9. The minimum atomic E-state index is -1.46. The second-order valence-corrected chi connectivity index (χ2v) is 32.4. The molecule has 4 aliphatic heterocycles. The average Bonchev–Trinajstić information content (AvgIpc) is 1.60. The summed E-state index contributed by atoms with van der Waals surface area (Å²) in [5, 5.41) is 33.3. The van der Waals surface area contributed by atoms with Crippen LogP contribution < -0.4 is 27.0 Å². The number of methoxy groups -OCH3 is 2. The quantitative estimate of drug-likeness (QED) is 0.0341. The number of ketones is 4. The van der Waals surface area contributed by atoms with E-state index in [1.165, 1.54) is 7.11 Å². The van der Waals surface area contributed by atoms with Crippen molar-refractivity contribution < 1.29 is 86.6 Å². The number of primary amides is 1. The number of amides is 7. The number of carbonyl (C=O) groups is 10. The van der Waals surface area contributed by atoms with Crippen LogP contribution in [0.25, 0.3) is 0 Å². The van der Waals surface area contributed by atoms with E-state index in [4.69, 9.17) is 34.2 Å². The number of aliphatic hydroxyl groups excluding tert-OH is 2. The van der Waals surface area contributed by atoms with Crippen molar-refractivity contribution >= 4 is 58.7 Å². The van der Waals surface area contributed by atoms with Crippen LogP contribution in [0.4, 0.5) is 4.79 Å². The zero-order valence-electron chi connectivity index (χ0n) is 67.4. The molecule has 0 spiro atoms. The first kappa shape index (κ1) is 90.3. The van der Waals surface area contributed by atoms with Crippen LogP contribution in [0.1, 0.15) is 183 Å². The fourth-order valence-electron chi connectivity index (χ4n) is 16.4. The van der Waals surface area contributed by atoms with E-state index in [2.05, 4.69) is 21.3 Å². The van der Waals surface area contributed by atoms with E-state index >= 15 is 0 Å². The lowest BCUT2D eigenvalue weighted by Gasteiger charge is -2.41. The lowest BCUT2D eigenvalue weighted by atomic mass is 9.83. The van der Waals surface area contributed by atoms with E-state index in [0.29, 0.717) is 37.8 Å². The Bertz CT molecular complexity index is 3250. The number of nitrogens with two attached hydrogens (primary N) is 1. The maximum absolute atomic E-state index is 14.7. The third-order valence-corrected chi connectivity index (χ3v) is 22.5. The van der Waals surface area contributed by atoms with Crippen molar-refractivity contribution in [2.24, 2.45) is 53.1 Å². The van der Waals surface area contributed by atoms with E-state index in [-0.39, 0.29) is 167 Å². The van der Waals surface area contributed by atoms with Gasteiger partial charge >= 0.3 is 6.03 Å². The molecule has 19 atom stereocenters. The Balaban J connectivity index is 1.03. The molecule has 0 bridgehead atoms. The van der Waals surface area contributed by atoms with Crippen molar-refractivity contribution in [2.75, 3.05) is 61.5 Å². The number of nitrogens with zero attached hydrogens (tertiary/aromatic N) is 3. The highest BCUT2D eigenvalue weighted by Gasteiger charge is 2.55. The molecule has 0 aromatic heterocycles. The minimum Gasteiger partial charge on any atom is -0.388 e. The monoisotopic (exact) mass is 1510 g/mol. The van der Waals surface area contributed by atoms with Gasteiger partial charge in [0.2, 0.25) is 29.5 Å². The smallest absolute Gasteiger partial charge is 0.312 e. The van der Waals surface area contributed by atoms with Crippen molar-refractivity contribution in [1.29, 1.82) is 0 Å². The summed E-state index contributed by atoms with van der Waals surface area (Å²) in [6, 6.07) is 13.7. The van der Waals surface area contributed by atoms with Gasteiger partial charge in [-0.25, -0.2) is 4.79 Å². The van der Waals surface area contributed by atoms with Crippen LogP contribution in [0.2, 0.25) is 0 Å².